The van der Waals surface area contributed by atoms with Crippen LogP contribution in [0.25, 0.3) is 0 Å². The molecule has 1 atom stereocenters. The van der Waals surface area contributed by atoms with Gasteiger partial charge in [0.2, 0.25) is 0 Å². The van der Waals surface area contributed by atoms with Crippen molar-refractivity contribution in [3.63, 3.8) is 0 Å². The number of hydrogen-bond donors (Lipinski definition) is 3. The molecule has 3 N–H and O–H groups in total. The van der Waals surface area contributed by atoms with Crippen LogP contribution in [-0.4, -0.2) is 34.9 Å². The molecular formula is C14H19NO5. The number of aliphatic carboxylic acids is 1. The van der Waals surface area contributed by atoms with Crippen LogP contribution in [0.5, 0.6) is 0 Å². The Balaban J connectivity index is 2.36. The third-order valence-electron chi connectivity index (χ3n) is 2.70. The summed E-state index contributed by atoms with van der Waals surface area (Å²) in [6.07, 6.45) is 0.526. The molecular weight excluding hydrogens is 262 g/mol. The number of ether oxygens (including phenoxy) is 1. The highest BCUT2D eigenvalue weighted by molar-refractivity contribution is 5.79. The lowest BCUT2D eigenvalue weighted by Crippen LogP contribution is -2.41. The molecule has 0 saturated carbocycles. The zero-order valence-electron chi connectivity index (χ0n) is 11.1. The van der Waals surface area contributed by atoms with Crippen molar-refractivity contribution in [2.24, 2.45) is 0 Å². The van der Waals surface area contributed by atoms with E-state index in [0.717, 1.165) is 5.56 Å². The number of rotatable bonds is 8. The van der Waals surface area contributed by atoms with Crippen LogP contribution in [-0.2, 0) is 16.1 Å². The summed E-state index contributed by atoms with van der Waals surface area (Å²) in [4.78, 5) is 22.5. The summed E-state index contributed by atoms with van der Waals surface area (Å²) < 4.78 is 4.95. The van der Waals surface area contributed by atoms with Crippen LogP contribution in [0.15, 0.2) is 30.3 Å². The fraction of sp³-hybridized carbons (Fsp3) is 0.429. The Morgan fingerprint density at radius 3 is 2.50 bits per heavy atom. The zero-order chi connectivity index (χ0) is 14.8. The molecule has 1 rings (SSSR count). The van der Waals surface area contributed by atoms with Crippen molar-refractivity contribution in [2.75, 3.05) is 6.61 Å². The molecule has 0 spiro atoms. The Hall–Kier alpha value is -2.08. The quantitative estimate of drug-likeness (QED) is 0.628. The molecule has 1 aromatic carbocycles. The normalized spacial score (nSPS) is 11.7. The van der Waals surface area contributed by atoms with Gasteiger partial charge in [0, 0.05) is 6.61 Å². The summed E-state index contributed by atoms with van der Waals surface area (Å²) >= 11 is 0. The zero-order valence-corrected chi connectivity index (χ0v) is 11.1. The maximum atomic E-state index is 11.5. The fourth-order valence-electron chi connectivity index (χ4n) is 1.62. The highest BCUT2D eigenvalue weighted by atomic mass is 16.5. The molecule has 0 aliphatic heterocycles. The molecule has 0 bridgehead atoms. The van der Waals surface area contributed by atoms with Crippen LogP contribution in [0.4, 0.5) is 4.79 Å². The Morgan fingerprint density at radius 2 is 1.90 bits per heavy atom. The monoisotopic (exact) mass is 281 g/mol. The summed E-state index contributed by atoms with van der Waals surface area (Å²) in [5, 5.41) is 19.9. The molecule has 0 heterocycles. The Labute approximate surface area is 117 Å². The number of amides is 1. The van der Waals surface area contributed by atoms with Gasteiger partial charge in [0.1, 0.15) is 12.6 Å². The van der Waals surface area contributed by atoms with E-state index in [2.05, 4.69) is 5.32 Å². The predicted molar refractivity (Wildman–Crippen MR) is 72.1 cm³/mol. The van der Waals surface area contributed by atoms with Crippen LogP contribution < -0.4 is 5.32 Å². The number of carboxylic acid groups (broad SMARTS) is 1. The van der Waals surface area contributed by atoms with E-state index in [1.165, 1.54) is 0 Å². The average Bonchev–Trinajstić information content (AvgIpc) is 2.45. The van der Waals surface area contributed by atoms with Crippen LogP contribution in [0.2, 0.25) is 0 Å². The van der Waals surface area contributed by atoms with Gasteiger partial charge in [-0.1, -0.05) is 30.3 Å². The Kier molecular flexibility index (Phi) is 7.13. The molecule has 110 valence electrons. The number of aliphatic hydroxyl groups excluding tert-OH is 1. The first-order valence-corrected chi connectivity index (χ1v) is 6.44. The fourth-order valence-corrected chi connectivity index (χ4v) is 1.62. The molecule has 0 saturated heterocycles. The third kappa shape index (κ3) is 6.19. The molecule has 0 unspecified atom stereocenters. The number of carboxylic acids is 1. The number of benzene rings is 1. The van der Waals surface area contributed by atoms with E-state index in [1.807, 2.05) is 30.3 Å². The van der Waals surface area contributed by atoms with Crippen molar-refractivity contribution >= 4 is 12.1 Å². The standard InChI is InChI=1S/C14H19NO5/c16-9-5-4-8-12(13(17)18)15-14(19)20-10-11-6-2-1-3-7-11/h1-3,6-7,12,16H,4-5,8-10H2,(H,15,19)(H,17,18)/t12-/m1/s1. The topological polar surface area (TPSA) is 95.9 Å². The summed E-state index contributed by atoms with van der Waals surface area (Å²) in [7, 11) is 0. The molecule has 0 fully saturated rings. The molecule has 0 aromatic heterocycles. The highest BCUT2D eigenvalue weighted by Crippen LogP contribution is 2.04. The van der Waals surface area contributed by atoms with E-state index in [4.69, 9.17) is 14.9 Å². The van der Waals surface area contributed by atoms with Crippen molar-refractivity contribution in [1.29, 1.82) is 0 Å². The minimum atomic E-state index is -1.11. The lowest BCUT2D eigenvalue weighted by atomic mass is 10.1. The van der Waals surface area contributed by atoms with Gasteiger partial charge < -0.3 is 20.3 Å². The molecule has 0 aliphatic carbocycles. The lowest BCUT2D eigenvalue weighted by Gasteiger charge is -2.14. The van der Waals surface area contributed by atoms with Crippen molar-refractivity contribution in [3.8, 4) is 0 Å². The van der Waals surface area contributed by atoms with Gasteiger partial charge in [-0.3, -0.25) is 0 Å². The second-order valence-electron chi connectivity index (χ2n) is 4.32. The molecule has 0 aliphatic rings. The predicted octanol–water partition coefficient (Wildman–Crippen LogP) is 1.53. The number of hydrogen-bond acceptors (Lipinski definition) is 4. The molecule has 20 heavy (non-hydrogen) atoms. The third-order valence-corrected chi connectivity index (χ3v) is 2.70. The Bertz CT molecular complexity index is 421. The number of aliphatic hydroxyl groups is 1. The molecule has 0 radical (unpaired) electrons. The van der Waals surface area contributed by atoms with Crippen molar-refractivity contribution in [2.45, 2.75) is 31.9 Å². The van der Waals surface area contributed by atoms with Crippen LogP contribution in [0.1, 0.15) is 24.8 Å². The van der Waals surface area contributed by atoms with E-state index < -0.39 is 18.1 Å². The minimum Gasteiger partial charge on any atom is -0.480 e. The van der Waals surface area contributed by atoms with Gasteiger partial charge >= 0.3 is 12.1 Å². The van der Waals surface area contributed by atoms with E-state index in [9.17, 15) is 9.59 Å². The van der Waals surface area contributed by atoms with Gasteiger partial charge in [0.25, 0.3) is 0 Å². The maximum Gasteiger partial charge on any atom is 0.408 e. The number of carbonyl (C=O) groups is 2. The van der Waals surface area contributed by atoms with E-state index in [-0.39, 0.29) is 19.6 Å². The number of alkyl carbamates (subject to hydrolysis) is 1. The van der Waals surface area contributed by atoms with Gasteiger partial charge in [-0.25, -0.2) is 9.59 Å². The van der Waals surface area contributed by atoms with Crippen LogP contribution >= 0.6 is 0 Å². The van der Waals surface area contributed by atoms with E-state index >= 15 is 0 Å². The molecule has 6 nitrogen and oxygen atoms in total. The van der Waals surface area contributed by atoms with Gasteiger partial charge in [-0.15, -0.1) is 0 Å². The molecule has 1 aromatic rings. The highest BCUT2D eigenvalue weighted by Gasteiger charge is 2.19. The molecule has 6 heteroatoms. The minimum absolute atomic E-state index is 0.00475. The number of carbonyl (C=O) groups excluding carboxylic acids is 1. The average molecular weight is 281 g/mol. The van der Waals surface area contributed by atoms with Crippen molar-refractivity contribution < 1.29 is 24.5 Å². The van der Waals surface area contributed by atoms with Gasteiger partial charge in [-0.2, -0.15) is 0 Å². The van der Waals surface area contributed by atoms with E-state index in [0.29, 0.717) is 12.8 Å². The van der Waals surface area contributed by atoms with Gasteiger partial charge in [0.15, 0.2) is 0 Å². The first-order valence-electron chi connectivity index (χ1n) is 6.44. The van der Waals surface area contributed by atoms with Gasteiger partial charge in [0.05, 0.1) is 0 Å². The number of unbranched alkanes of at least 4 members (excludes halogenated alkanes) is 1. The Morgan fingerprint density at radius 1 is 1.20 bits per heavy atom. The smallest absolute Gasteiger partial charge is 0.408 e. The second-order valence-corrected chi connectivity index (χ2v) is 4.32. The molecule has 1 amide bonds. The summed E-state index contributed by atoms with van der Waals surface area (Å²) in [5.74, 6) is -1.11. The maximum absolute atomic E-state index is 11.5. The van der Waals surface area contributed by atoms with Gasteiger partial charge in [-0.05, 0) is 24.8 Å². The van der Waals surface area contributed by atoms with E-state index in [1.54, 1.807) is 0 Å². The second kappa shape index (κ2) is 8.92. The van der Waals surface area contributed by atoms with Crippen molar-refractivity contribution in [3.05, 3.63) is 35.9 Å². The van der Waals surface area contributed by atoms with Crippen molar-refractivity contribution in [1.82, 2.24) is 5.32 Å². The SMILES string of the molecule is O=C(N[C@H](CCCCO)C(=O)O)OCc1ccccc1. The van der Waals surface area contributed by atoms with Crippen LogP contribution in [0, 0.1) is 0 Å². The largest absolute Gasteiger partial charge is 0.480 e. The van der Waals surface area contributed by atoms with Crippen LogP contribution in [0.3, 0.4) is 0 Å². The summed E-state index contributed by atoms with van der Waals surface area (Å²) in [6, 6.07) is 8.12. The first kappa shape index (κ1) is 16.0. The number of nitrogens with one attached hydrogen (secondary N) is 1. The lowest BCUT2D eigenvalue weighted by molar-refractivity contribution is -0.139. The first-order chi connectivity index (χ1) is 9.63. The summed E-state index contributed by atoms with van der Waals surface area (Å²) in [6.45, 7) is 0.0977. The summed E-state index contributed by atoms with van der Waals surface area (Å²) in [5.41, 5.74) is 0.829.